The van der Waals surface area contributed by atoms with Crippen LogP contribution in [0.4, 0.5) is 0 Å². The van der Waals surface area contributed by atoms with Crippen LogP contribution >= 0.6 is 0 Å². The van der Waals surface area contributed by atoms with Crippen LogP contribution in [0.15, 0.2) is 59.5 Å². The molecule has 31 heavy (non-hydrogen) atoms. The van der Waals surface area contributed by atoms with E-state index in [1.807, 2.05) is 30.3 Å². The van der Waals surface area contributed by atoms with Crippen molar-refractivity contribution in [3.63, 3.8) is 0 Å². The van der Waals surface area contributed by atoms with Gasteiger partial charge >= 0.3 is 0 Å². The van der Waals surface area contributed by atoms with Crippen molar-refractivity contribution < 1.29 is 17.9 Å². The van der Waals surface area contributed by atoms with Crippen LogP contribution in [0.1, 0.15) is 44.9 Å². The summed E-state index contributed by atoms with van der Waals surface area (Å²) in [6, 6.07) is 16.1. The highest BCUT2D eigenvalue weighted by Gasteiger charge is 2.34. The van der Waals surface area contributed by atoms with Crippen molar-refractivity contribution in [3.05, 3.63) is 54.6 Å². The summed E-state index contributed by atoms with van der Waals surface area (Å²) in [6.45, 7) is 0.657. The van der Waals surface area contributed by atoms with Gasteiger partial charge in [-0.3, -0.25) is 4.79 Å². The Balaban J connectivity index is 1.44. The number of carbonyl (C=O) groups excluding carboxylic acids is 1. The zero-order valence-electron chi connectivity index (χ0n) is 17.7. The number of nitrogens with zero attached hydrogens (tertiary/aromatic N) is 1. The Hall–Kier alpha value is -2.38. The molecule has 1 aliphatic heterocycles. The number of para-hydroxylation sites is 1. The first kappa shape index (κ1) is 21.8. The molecule has 6 nitrogen and oxygen atoms in total. The van der Waals surface area contributed by atoms with Crippen molar-refractivity contribution in [1.82, 2.24) is 9.62 Å². The predicted molar refractivity (Wildman–Crippen MR) is 119 cm³/mol. The van der Waals surface area contributed by atoms with Gasteiger partial charge in [0.25, 0.3) is 0 Å². The molecule has 1 N–H and O–H groups in total. The molecule has 1 atom stereocenters. The summed E-state index contributed by atoms with van der Waals surface area (Å²) in [5.74, 6) is 0.813. The van der Waals surface area contributed by atoms with Gasteiger partial charge in [-0.25, -0.2) is 8.42 Å². The molecule has 2 aromatic carbocycles. The third-order valence-electron chi connectivity index (χ3n) is 6.13. The maximum atomic E-state index is 13.3. The Morgan fingerprint density at radius 2 is 1.65 bits per heavy atom. The van der Waals surface area contributed by atoms with Gasteiger partial charge in [0.15, 0.2) is 0 Å². The molecule has 1 aliphatic carbocycles. The number of carbonyl (C=O) groups is 1. The summed E-state index contributed by atoms with van der Waals surface area (Å²) in [5, 5.41) is 3.16. The lowest BCUT2D eigenvalue weighted by Crippen LogP contribution is -2.47. The molecule has 1 amide bonds. The van der Waals surface area contributed by atoms with Crippen LogP contribution in [-0.2, 0) is 14.8 Å². The minimum absolute atomic E-state index is 0.00652. The lowest BCUT2D eigenvalue weighted by atomic mass is 9.93. The summed E-state index contributed by atoms with van der Waals surface area (Å²) in [7, 11) is -3.70. The minimum atomic E-state index is -3.70. The number of piperidine rings is 1. The van der Waals surface area contributed by atoms with Gasteiger partial charge in [0, 0.05) is 25.2 Å². The van der Waals surface area contributed by atoms with E-state index in [1.165, 1.54) is 10.7 Å². The van der Waals surface area contributed by atoms with E-state index in [-0.39, 0.29) is 29.3 Å². The molecule has 0 spiro atoms. The zero-order valence-corrected chi connectivity index (χ0v) is 18.5. The third kappa shape index (κ3) is 5.46. The summed E-state index contributed by atoms with van der Waals surface area (Å²) in [4.78, 5) is 13.0. The van der Waals surface area contributed by atoms with Gasteiger partial charge in [-0.2, -0.15) is 4.31 Å². The number of ether oxygens (including phenoxy) is 1. The maximum Gasteiger partial charge on any atom is 0.243 e. The van der Waals surface area contributed by atoms with Gasteiger partial charge in [0.2, 0.25) is 15.9 Å². The fourth-order valence-electron chi connectivity index (χ4n) is 4.41. The van der Waals surface area contributed by atoms with Gasteiger partial charge in [-0.05, 0) is 49.9 Å². The normalized spacial score (nSPS) is 20.8. The lowest BCUT2D eigenvalue weighted by Gasteiger charge is -2.32. The average Bonchev–Trinajstić information content (AvgIpc) is 2.81. The van der Waals surface area contributed by atoms with Gasteiger partial charge in [-0.1, -0.05) is 43.5 Å². The van der Waals surface area contributed by atoms with Crippen LogP contribution < -0.4 is 10.1 Å². The summed E-state index contributed by atoms with van der Waals surface area (Å²) in [6.07, 6.45) is 6.98. The first-order chi connectivity index (χ1) is 15.0. The smallest absolute Gasteiger partial charge is 0.243 e. The van der Waals surface area contributed by atoms with Crippen molar-refractivity contribution in [2.24, 2.45) is 5.92 Å². The second-order valence-electron chi connectivity index (χ2n) is 8.44. The molecule has 1 heterocycles. The number of rotatable bonds is 6. The fourth-order valence-corrected chi connectivity index (χ4v) is 5.97. The highest BCUT2D eigenvalue weighted by atomic mass is 32.2. The molecule has 0 unspecified atom stereocenters. The van der Waals surface area contributed by atoms with E-state index in [9.17, 15) is 13.2 Å². The number of benzene rings is 2. The van der Waals surface area contributed by atoms with Gasteiger partial charge < -0.3 is 10.1 Å². The molecular weight excluding hydrogens is 412 g/mol. The molecule has 0 aromatic heterocycles. The summed E-state index contributed by atoms with van der Waals surface area (Å²) >= 11 is 0. The Kier molecular flexibility index (Phi) is 6.92. The van der Waals surface area contributed by atoms with Gasteiger partial charge in [-0.15, -0.1) is 0 Å². The van der Waals surface area contributed by atoms with E-state index in [0.717, 1.165) is 32.1 Å². The monoisotopic (exact) mass is 442 g/mol. The minimum Gasteiger partial charge on any atom is -0.457 e. The molecular formula is C24H30N2O4S. The predicted octanol–water partition coefficient (Wildman–Crippen LogP) is 4.33. The second-order valence-corrected chi connectivity index (χ2v) is 10.4. The quantitative estimate of drug-likeness (QED) is 0.723. The van der Waals surface area contributed by atoms with E-state index in [0.29, 0.717) is 24.5 Å². The molecule has 4 rings (SSSR count). The topological polar surface area (TPSA) is 75.7 Å². The number of hydrogen-bond acceptors (Lipinski definition) is 4. The van der Waals surface area contributed by atoms with Crippen LogP contribution in [0.2, 0.25) is 0 Å². The highest BCUT2D eigenvalue weighted by Crippen LogP contribution is 2.28. The van der Waals surface area contributed by atoms with Crippen LogP contribution in [0, 0.1) is 5.92 Å². The van der Waals surface area contributed by atoms with E-state index in [1.54, 1.807) is 24.3 Å². The third-order valence-corrected chi connectivity index (χ3v) is 7.99. The largest absolute Gasteiger partial charge is 0.457 e. The van der Waals surface area contributed by atoms with Crippen molar-refractivity contribution in [1.29, 1.82) is 0 Å². The van der Waals surface area contributed by atoms with E-state index < -0.39 is 10.0 Å². The number of amides is 1. The molecule has 1 saturated carbocycles. The van der Waals surface area contributed by atoms with Gasteiger partial charge in [0.05, 0.1) is 10.8 Å². The van der Waals surface area contributed by atoms with Crippen molar-refractivity contribution in [3.8, 4) is 11.5 Å². The molecule has 0 radical (unpaired) electrons. The van der Waals surface area contributed by atoms with Crippen molar-refractivity contribution in [2.45, 2.75) is 55.9 Å². The SMILES string of the molecule is O=C(NC1CCCCC1)[C@H]1CCCN(S(=O)(=O)c2cccc(Oc3ccccc3)c2)C1. The Morgan fingerprint density at radius 3 is 2.42 bits per heavy atom. The van der Waals surface area contributed by atoms with Crippen LogP contribution in [0.25, 0.3) is 0 Å². The van der Waals surface area contributed by atoms with E-state index >= 15 is 0 Å². The molecule has 166 valence electrons. The average molecular weight is 443 g/mol. The first-order valence-corrected chi connectivity index (χ1v) is 12.6. The van der Waals surface area contributed by atoms with E-state index in [2.05, 4.69) is 5.32 Å². The summed E-state index contributed by atoms with van der Waals surface area (Å²) < 4.78 is 33.8. The number of sulfonamides is 1. The summed E-state index contributed by atoms with van der Waals surface area (Å²) in [5.41, 5.74) is 0. The lowest BCUT2D eigenvalue weighted by molar-refractivity contribution is -0.127. The molecule has 7 heteroatoms. The van der Waals surface area contributed by atoms with Crippen molar-refractivity contribution in [2.75, 3.05) is 13.1 Å². The molecule has 1 saturated heterocycles. The Morgan fingerprint density at radius 1 is 0.903 bits per heavy atom. The Bertz CT molecular complexity index is 988. The first-order valence-electron chi connectivity index (χ1n) is 11.2. The molecule has 0 bridgehead atoms. The van der Waals surface area contributed by atoms with Gasteiger partial charge in [0.1, 0.15) is 11.5 Å². The van der Waals surface area contributed by atoms with Crippen molar-refractivity contribution >= 4 is 15.9 Å². The van der Waals surface area contributed by atoms with Crippen LogP contribution in [0.3, 0.4) is 0 Å². The maximum absolute atomic E-state index is 13.3. The Labute approximate surface area is 184 Å². The molecule has 2 aromatic rings. The van der Waals surface area contributed by atoms with Crippen LogP contribution in [0.5, 0.6) is 11.5 Å². The second kappa shape index (κ2) is 9.83. The molecule has 2 fully saturated rings. The van der Waals surface area contributed by atoms with Crippen LogP contribution in [-0.4, -0.2) is 37.8 Å². The van der Waals surface area contributed by atoms with E-state index in [4.69, 9.17) is 4.74 Å². The fraction of sp³-hybridized carbons (Fsp3) is 0.458. The molecule has 2 aliphatic rings. The number of hydrogen-bond donors (Lipinski definition) is 1. The number of nitrogens with one attached hydrogen (secondary N) is 1. The highest BCUT2D eigenvalue weighted by molar-refractivity contribution is 7.89. The standard InChI is InChI=1S/C24H30N2O4S/c27-24(25-20-10-3-1-4-11-20)19-9-8-16-26(18-19)31(28,29)23-15-7-14-22(17-23)30-21-12-5-2-6-13-21/h2,5-7,12-15,17,19-20H,1,3-4,8-11,16,18H2,(H,25,27)/t19-/m0/s1. The zero-order chi connectivity index (χ0) is 21.7.